The lowest BCUT2D eigenvalue weighted by Crippen LogP contribution is -2.57. The molecule has 1 fully saturated rings. The van der Waals surface area contributed by atoms with Gasteiger partial charge in [0.25, 0.3) is 0 Å². The fraction of sp³-hybridized carbons (Fsp3) is 0.400. The first-order valence-corrected chi connectivity index (χ1v) is 4.86. The lowest BCUT2D eigenvalue weighted by Gasteiger charge is -2.41. The second-order valence-electron chi connectivity index (χ2n) is 3.34. The van der Waals surface area contributed by atoms with Crippen molar-refractivity contribution in [3.05, 3.63) is 29.3 Å². The van der Waals surface area contributed by atoms with Gasteiger partial charge in [-0.15, -0.1) is 0 Å². The topological polar surface area (TPSA) is 15.3 Å². The molecule has 1 aromatic carbocycles. The molecule has 13 heavy (non-hydrogen) atoms. The molecule has 0 saturated carbocycles. The summed E-state index contributed by atoms with van der Waals surface area (Å²) < 4.78 is 0. The Morgan fingerprint density at radius 1 is 1.38 bits per heavy atom. The van der Waals surface area contributed by atoms with E-state index in [0.29, 0.717) is 6.04 Å². The van der Waals surface area contributed by atoms with Gasteiger partial charge in [0, 0.05) is 19.1 Å². The number of rotatable bonds is 2. The van der Waals surface area contributed by atoms with Crippen molar-refractivity contribution >= 4 is 17.3 Å². The fourth-order valence-corrected chi connectivity index (χ4v) is 1.82. The highest BCUT2D eigenvalue weighted by Crippen LogP contribution is 2.28. The van der Waals surface area contributed by atoms with Crippen LogP contribution in [0.25, 0.3) is 0 Å². The summed E-state index contributed by atoms with van der Waals surface area (Å²) in [5.41, 5.74) is 1.15. The summed E-state index contributed by atoms with van der Waals surface area (Å²) in [6.07, 6.45) is 0. The van der Waals surface area contributed by atoms with Crippen LogP contribution < -0.4 is 10.2 Å². The van der Waals surface area contributed by atoms with Gasteiger partial charge in [-0.05, 0) is 19.2 Å². The van der Waals surface area contributed by atoms with E-state index in [2.05, 4.69) is 16.3 Å². The minimum Gasteiger partial charge on any atom is -0.367 e. The van der Waals surface area contributed by atoms with Gasteiger partial charge in [0.05, 0.1) is 10.7 Å². The Balaban J connectivity index is 2.07. The highest BCUT2D eigenvalue weighted by Gasteiger charge is 2.26. The number of anilines is 1. The molecule has 3 heteroatoms. The van der Waals surface area contributed by atoms with Crippen molar-refractivity contribution in [3.8, 4) is 0 Å². The smallest absolute Gasteiger partial charge is 0.0639 e. The third kappa shape index (κ3) is 1.64. The molecule has 1 heterocycles. The van der Waals surface area contributed by atoms with Gasteiger partial charge in [-0.1, -0.05) is 23.7 Å². The van der Waals surface area contributed by atoms with Crippen LogP contribution in [0.2, 0.25) is 5.02 Å². The number of hydrogen-bond donors (Lipinski definition) is 1. The first-order chi connectivity index (χ1) is 6.31. The van der Waals surface area contributed by atoms with E-state index in [1.165, 1.54) is 0 Å². The Morgan fingerprint density at radius 3 is 2.69 bits per heavy atom. The number of likely N-dealkylation sites (N-methyl/N-ethyl adjacent to an activating group) is 1. The molecule has 0 aliphatic carbocycles. The largest absolute Gasteiger partial charge is 0.367 e. The molecule has 70 valence electrons. The number of benzene rings is 1. The van der Waals surface area contributed by atoms with Gasteiger partial charge >= 0.3 is 0 Å². The summed E-state index contributed by atoms with van der Waals surface area (Å²) >= 11 is 6.06. The van der Waals surface area contributed by atoms with Crippen LogP contribution in [-0.4, -0.2) is 26.2 Å². The monoisotopic (exact) mass is 196 g/mol. The van der Waals surface area contributed by atoms with Crippen molar-refractivity contribution in [2.45, 2.75) is 6.04 Å². The van der Waals surface area contributed by atoms with E-state index in [0.717, 1.165) is 23.8 Å². The second kappa shape index (κ2) is 3.56. The van der Waals surface area contributed by atoms with Crippen LogP contribution in [-0.2, 0) is 0 Å². The average molecular weight is 197 g/mol. The van der Waals surface area contributed by atoms with Gasteiger partial charge in [-0.2, -0.15) is 0 Å². The molecular formula is C10H13ClN2. The summed E-state index contributed by atoms with van der Waals surface area (Å²) in [6, 6.07) is 8.60. The summed E-state index contributed by atoms with van der Waals surface area (Å²) in [6.45, 7) is 2.11. The highest BCUT2D eigenvalue weighted by atomic mass is 35.5. The molecular weight excluding hydrogens is 184 g/mol. The number of nitrogens with zero attached hydrogens (tertiary/aromatic N) is 1. The Kier molecular flexibility index (Phi) is 2.42. The van der Waals surface area contributed by atoms with E-state index in [1.54, 1.807) is 0 Å². The van der Waals surface area contributed by atoms with Crippen LogP contribution in [0.15, 0.2) is 24.3 Å². The molecule has 1 N–H and O–H groups in total. The first-order valence-electron chi connectivity index (χ1n) is 4.48. The summed E-state index contributed by atoms with van der Waals surface area (Å²) in [4.78, 5) is 2.28. The standard InChI is InChI=1S/C10H13ClN2/c1-12-8-6-13(7-8)10-5-3-2-4-9(10)11/h2-5,8,12H,6-7H2,1H3. The minimum atomic E-state index is 0.622. The normalized spacial score (nSPS) is 17.2. The molecule has 0 atom stereocenters. The molecule has 2 rings (SSSR count). The zero-order chi connectivity index (χ0) is 9.26. The molecule has 1 aromatic rings. The quantitative estimate of drug-likeness (QED) is 0.776. The molecule has 1 aliphatic rings. The molecule has 0 aromatic heterocycles. The van der Waals surface area contributed by atoms with Gasteiger partial charge in [0.1, 0.15) is 0 Å². The van der Waals surface area contributed by atoms with Crippen LogP contribution in [0.3, 0.4) is 0 Å². The second-order valence-corrected chi connectivity index (χ2v) is 3.75. The fourth-order valence-electron chi connectivity index (χ4n) is 1.57. The van der Waals surface area contributed by atoms with E-state index in [1.807, 2.05) is 25.2 Å². The van der Waals surface area contributed by atoms with E-state index in [-0.39, 0.29) is 0 Å². The van der Waals surface area contributed by atoms with Crippen molar-refractivity contribution < 1.29 is 0 Å². The molecule has 1 aliphatic heterocycles. The third-order valence-corrected chi connectivity index (χ3v) is 2.80. The zero-order valence-corrected chi connectivity index (χ0v) is 8.38. The van der Waals surface area contributed by atoms with Crippen LogP contribution in [0.5, 0.6) is 0 Å². The Labute approximate surface area is 83.5 Å². The van der Waals surface area contributed by atoms with Crippen LogP contribution >= 0.6 is 11.6 Å². The van der Waals surface area contributed by atoms with Crippen LogP contribution in [0, 0.1) is 0 Å². The Morgan fingerprint density at radius 2 is 2.08 bits per heavy atom. The van der Waals surface area contributed by atoms with Crippen LogP contribution in [0.1, 0.15) is 0 Å². The van der Waals surface area contributed by atoms with Gasteiger partial charge in [-0.3, -0.25) is 0 Å². The molecule has 0 bridgehead atoms. The van der Waals surface area contributed by atoms with Gasteiger partial charge in [0.2, 0.25) is 0 Å². The predicted octanol–water partition coefficient (Wildman–Crippen LogP) is 1.75. The molecule has 0 unspecified atom stereocenters. The van der Waals surface area contributed by atoms with E-state index in [4.69, 9.17) is 11.6 Å². The number of hydrogen-bond acceptors (Lipinski definition) is 2. The lowest BCUT2D eigenvalue weighted by molar-refractivity contribution is 0.450. The maximum atomic E-state index is 6.06. The van der Waals surface area contributed by atoms with Crippen molar-refractivity contribution in [2.75, 3.05) is 25.0 Å². The summed E-state index contributed by atoms with van der Waals surface area (Å²) in [7, 11) is 1.99. The van der Waals surface area contributed by atoms with E-state index < -0.39 is 0 Å². The molecule has 1 saturated heterocycles. The van der Waals surface area contributed by atoms with Gasteiger partial charge in [0.15, 0.2) is 0 Å². The summed E-state index contributed by atoms with van der Waals surface area (Å²) in [5.74, 6) is 0. The number of halogens is 1. The first kappa shape index (κ1) is 8.85. The van der Waals surface area contributed by atoms with Crippen molar-refractivity contribution in [1.82, 2.24) is 5.32 Å². The maximum absolute atomic E-state index is 6.06. The summed E-state index contributed by atoms with van der Waals surface area (Å²) in [5, 5.41) is 4.08. The number of para-hydroxylation sites is 1. The van der Waals surface area contributed by atoms with Gasteiger partial charge in [-0.25, -0.2) is 0 Å². The van der Waals surface area contributed by atoms with Crippen LogP contribution in [0.4, 0.5) is 5.69 Å². The van der Waals surface area contributed by atoms with Gasteiger partial charge < -0.3 is 10.2 Å². The molecule has 0 radical (unpaired) electrons. The Hall–Kier alpha value is -0.730. The minimum absolute atomic E-state index is 0.622. The zero-order valence-electron chi connectivity index (χ0n) is 7.63. The van der Waals surface area contributed by atoms with E-state index in [9.17, 15) is 0 Å². The highest BCUT2D eigenvalue weighted by molar-refractivity contribution is 6.33. The lowest BCUT2D eigenvalue weighted by atomic mass is 10.1. The van der Waals surface area contributed by atoms with Crippen molar-refractivity contribution in [1.29, 1.82) is 0 Å². The maximum Gasteiger partial charge on any atom is 0.0639 e. The third-order valence-electron chi connectivity index (χ3n) is 2.48. The average Bonchev–Trinajstić information content (AvgIpc) is 2.06. The molecule has 2 nitrogen and oxygen atoms in total. The van der Waals surface area contributed by atoms with Crippen molar-refractivity contribution in [3.63, 3.8) is 0 Å². The predicted molar refractivity (Wildman–Crippen MR) is 56.5 cm³/mol. The Bertz CT molecular complexity index is 295. The van der Waals surface area contributed by atoms with Crippen molar-refractivity contribution in [2.24, 2.45) is 0 Å². The SMILES string of the molecule is CNC1CN(c2ccccc2Cl)C1. The molecule has 0 amide bonds. The number of nitrogens with one attached hydrogen (secondary N) is 1. The van der Waals surface area contributed by atoms with E-state index >= 15 is 0 Å². The molecule has 0 spiro atoms.